The summed E-state index contributed by atoms with van der Waals surface area (Å²) in [6, 6.07) is 6.29. The van der Waals surface area contributed by atoms with Crippen molar-refractivity contribution in [3.05, 3.63) is 40.7 Å². The van der Waals surface area contributed by atoms with E-state index in [1.807, 2.05) is 19.1 Å². The Hall–Kier alpha value is -1.55. The van der Waals surface area contributed by atoms with E-state index >= 15 is 0 Å². The summed E-state index contributed by atoms with van der Waals surface area (Å²) in [5.74, 6) is 0.668. The van der Waals surface area contributed by atoms with E-state index in [-0.39, 0.29) is 0 Å². The third-order valence-corrected chi connectivity index (χ3v) is 3.16. The van der Waals surface area contributed by atoms with Crippen molar-refractivity contribution in [1.82, 2.24) is 4.98 Å². The number of aromatic nitrogens is 1. The Kier molecular flexibility index (Phi) is 3.98. The Morgan fingerprint density at radius 1 is 1.41 bits per heavy atom. The van der Waals surface area contributed by atoms with E-state index in [9.17, 15) is 0 Å². The van der Waals surface area contributed by atoms with Crippen LogP contribution in [0, 0.1) is 0 Å². The van der Waals surface area contributed by atoms with E-state index in [2.05, 4.69) is 34.1 Å². The Morgan fingerprint density at radius 2 is 2.29 bits per heavy atom. The topological polar surface area (TPSA) is 34.1 Å². The third kappa shape index (κ3) is 3.20. The lowest BCUT2D eigenvalue weighted by Gasteiger charge is -2.13. The molecule has 0 aliphatic rings. The second-order valence-electron chi connectivity index (χ2n) is 3.74. The van der Waals surface area contributed by atoms with Gasteiger partial charge in [0, 0.05) is 12.1 Å². The van der Waals surface area contributed by atoms with Gasteiger partial charge in [0.2, 0.25) is 5.88 Å². The van der Waals surface area contributed by atoms with E-state index < -0.39 is 0 Å². The first-order chi connectivity index (χ1) is 8.29. The maximum absolute atomic E-state index is 5.30. The predicted octanol–water partition coefficient (Wildman–Crippen LogP) is 3.71. The van der Waals surface area contributed by atoms with Crippen molar-refractivity contribution >= 4 is 17.0 Å². The van der Waals surface area contributed by atoms with Crippen LogP contribution in [0.15, 0.2) is 35.2 Å². The zero-order chi connectivity index (χ0) is 12.1. The number of anilines is 1. The lowest BCUT2D eigenvalue weighted by atomic mass is 10.2. The summed E-state index contributed by atoms with van der Waals surface area (Å²) >= 11 is 1.71. The van der Waals surface area contributed by atoms with Crippen molar-refractivity contribution in [1.29, 1.82) is 0 Å². The Morgan fingerprint density at radius 3 is 2.88 bits per heavy atom. The van der Waals surface area contributed by atoms with E-state index in [4.69, 9.17) is 4.74 Å². The SMILES string of the molecule is CCOc1ccc(NC(C)c2ccsc2)cn1. The van der Waals surface area contributed by atoms with Crippen LogP contribution in [0.1, 0.15) is 25.5 Å². The molecule has 0 bridgehead atoms. The highest BCUT2D eigenvalue weighted by molar-refractivity contribution is 7.07. The monoisotopic (exact) mass is 248 g/mol. The molecule has 0 aliphatic carbocycles. The summed E-state index contributed by atoms with van der Waals surface area (Å²) in [6.45, 7) is 4.73. The van der Waals surface area contributed by atoms with Crippen molar-refractivity contribution in [3.63, 3.8) is 0 Å². The molecule has 3 nitrogen and oxygen atoms in total. The van der Waals surface area contributed by atoms with Gasteiger partial charge in [-0.05, 0) is 42.3 Å². The van der Waals surface area contributed by atoms with Crippen molar-refractivity contribution < 1.29 is 4.74 Å². The van der Waals surface area contributed by atoms with Crippen molar-refractivity contribution in [2.75, 3.05) is 11.9 Å². The Labute approximate surface area is 105 Å². The minimum absolute atomic E-state index is 0.293. The fourth-order valence-corrected chi connectivity index (χ4v) is 2.31. The molecule has 0 aliphatic heterocycles. The molecule has 17 heavy (non-hydrogen) atoms. The lowest BCUT2D eigenvalue weighted by Crippen LogP contribution is -2.05. The van der Waals surface area contributed by atoms with Gasteiger partial charge in [0.25, 0.3) is 0 Å². The second kappa shape index (κ2) is 5.68. The third-order valence-electron chi connectivity index (χ3n) is 2.45. The zero-order valence-electron chi connectivity index (χ0n) is 10.0. The van der Waals surface area contributed by atoms with Gasteiger partial charge in [-0.2, -0.15) is 11.3 Å². The average Bonchev–Trinajstić information content (AvgIpc) is 2.86. The summed E-state index contributed by atoms with van der Waals surface area (Å²) in [5.41, 5.74) is 2.30. The van der Waals surface area contributed by atoms with Gasteiger partial charge in [0.05, 0.1) is 18.5 Å². The van der Waals surface area contributed by atoms with Gasteiger partial charge < -0.3 is 10.1 Å². The van der Waals surface area contributed by atoms with E-state index in [1.54, 1.807) is 17.5 Å². The molecule has 90 valence electrons. The first-order valence-electron chi connectivity index (χ1n) is 5.67. The minimum atomic E-state index is 0.293. The molecule has 1 unspecified atom stereocenters. The number of hydrogen-bond acceptors (Lipinski definition) is 4. The van der Waals surface area contributed by atoms with Gasteiger partial charge in [-0.15, -0.1) is 0 Å². The van der Waals surface area contributed by atoms with Gasteiger partial charge in [0.1, 0.15) is 0 Å². The Bertz CT molecular complexity index is 439. The highest BCUT2D eigenvalue weighted by Gasteiger charge is 2.05. The van der Waals surface area contributed by atoms with Crippen LogP contribution in [0.5, 0.6) is 5.88 Å². The first kappa shape index (κ1) is 11.9. The number of nitrogens with zero attached hydrogens (tertiary/aromatic N) is 1. The molecule has 0 saturated heterocycles. The van der Waals surface area contributed by atoms with Crippen molar-refractivity contribution in [2.24, 2.45) is 0 Å². The van der Waals surface area contributed by atoms with E-state index in [0.29, 0.717) is 18.5 Å². The number of nitrogens with one attached hydrogen (secondary N) is 1. The molecule has 0 spiro atoms. The molecule has 0 aromatic carbocycles. The number of pyridine rings is 1. The van der Waals surface area contributed by atoms with E-state index in [0.717, 1.165) is 5.69 Å². The summed E-state index contributed by atoms with van der Waals surface area (Å²) in [4.78, 5) is 4.22. The van der Waals surface area contributed by atoms with Gasteiger partial charge >= 0.3 is 0 Å². The fourth-order valence-electron chi connectivity index (χ4n) is 1.55. The van der Waals surface area contributed by atoms with Crippen LogP contribution < -0.4 is 10.1 Å². The van der Waals surface area contributed by atoms with Gasteiger partial charge in [-0.1, -0.05) is 0 Å². The van der Waals surface area contributed by atoms with Crippen LogP contribution in [-0.2, 0) is 0 Å². The summed E-state index contributed by atoms with van der Waals surface area (Å²) in [6.07, 6.45) is 1.80. The van der Waals surface area contributed by atoms with Crippen LogP contribution >= 0.6 is 11.3 Å². The smallest absolute Gasteiger partial charge is 0.213 e. The van der Waals surface area contributed by atoms with Crippen molar-refractivity contribution in [3.8, 4) is 5.88 Å². The molecule has 2 aromatic rings. The highest BCUT2D eigenvalue weighted by Crippen LogP contribution is 2.21. The van der Waals surface area contributed by atoms with Crippen LogP contribution in [0.25, 0.3) is 0 Å². The maximum Gasteiger partial charge on any atom is 0.213 e. The molecule has 1 atom stereocenters. The van der Waals surface area contributed by atoms with Crippen LogP contribution in [-0.4, -0.2) is 11.6 Å². The summed E-state index contributed by atoms with van der Waals surface area (Å²) in [5, 5.41) is 7.64. The molecule has 4 heteroatoms. The number of ether oxygens (including phenoxy) is 1. The van der Waals surface area contributed by atoms with Crippen LogP contribution in [0.2, 0.25) is 0 Å². The normalized spacial score (nSPS) is 12.1. The second-order valence-corrected chi connectivity index (χ2v) is 4.52. The molecule has 0 amide bonds. The van der Waals surface area contributed by atoms with E-state index in [1.165, 1.54) is 5.56 Å². The number of hydrogen-bond donors (Lipinski definition) is 1. The molecule has 2 rings (SSSR count). The quantitative estimate of drug-likeness (QED) is 0.875. The average molecular weight is 248 g/mol. The van der Waals surface area contributed by atoms with Gasteiger partial charge in [-0.25, -0.2) is 4.98 Å². The number of thiophene rings is 1. The Balaban J connectivity index is 1.99. The fraction of sp³-hybridized carbons (Fsp3) is 0.308. The van der Waals surface area contributed by atoms with Gasteiger partial charge in [-0.3, -0.25) is 0 Å². The predicted molar refractivity (Wildman–Crippen MR) is 71.8 cm³/mol. The molecule has 2 heterocycles. The minimum Gasteiger partial charge on any atom is -0.478 e. The summed E-state index contributed by atoms with van der Waals surface area (Å²) < 4.78 is 5.30. The molecule has 0 saturated carbocycles. The van der Waals surface area contributed by atoms with Crippen LogP contribution in [0.3, 0.4) is 0 Å². The lowest BCUT2D eigenvalue weighted by molar-refractivity contribution is 0.327. The highest BCUT2D eigenvalue weighted by atomic mass is 32.1. The molecule has 2 aromatic heterocycles. The molecule has 0 radical (unpaired) electrons. The zero-order valence-corrected chi connectivity index (χ0v) is 10.8. The molecular weight excluding hydrogens is 232 g/mol. The molecule has 0 fully saturated rings. The van der Waals surface area contributed by atoms with Crippen LogP contribution in [0.4, 0.5) is 5.69 Å². The van der Waals surface area contributed by atoms with Gasteiger partial charge in [0.15, 0.2) is 0 Å². The maximum atomic E-state index is 5.30. The largest absolute Gasteiger partial charge is 0.478 e. The molecular formula is C13H16N2OS. The van der Waals surface area contributed by atoms with Crippen molar-refractivity contribution in [2.45, 2.75) is 19.9 Å². The first-order valence-corrected chi connectivity index (χ1v) is 6.61. The number of rotatable bonds is 5. The standard InChI is InChI=1S/C13H16N2OS/c1-3-16-13-5-4-12(8-14-13)15-10(2)11-6-7-17-9-11/h4-10,15H,3H2,1-2H3. The summed E-state index contributed by atoms with van der Waals surface area (Å²) in [7, 11) is 0. The molecule has 1 N–H and O–H groups in total.